The van der Waals surface area contributed by atoms with Gasteiger partial charge in [0, 0.05) is 42.8 Å². The highest BCUT2D eigenvalue weighted by atomic mass is 15.2. The molecule has 2 fully saturated rings. The quantitative estimate of drug-likeness (QED) is 0.813. The summed E-state index contributed by atoms with van der Waals surface area (Å²) in [5.41, 5.74) is 2.74. The van der Waals surface area contributed by atoms with Crippen molar-refractivity contribution >= 4 is 5.69 Å². The van der Waals surface area contributed by atoms with Gasteiger partial charge in [0.1, 0.15) is 0 Å². The van der Waals surface area contributed by atoms with Gasteiger partial charge in [-0.3, -0.25) is 4.98 Å². The van der Waals surface area contributed by atoms with Crippen LogP contribution in [0.25, 0.3) is 0 Å². The van der Waals surface area contributed by atoms with Gasteiger partial charge in [0.25, 0.3) is 0 Å². The first kappa shape index (κ1) is 11.0. The van der Waals surface area contributed by atoms with Crippen molar-refractivity contribution < 1.29 is 0 Å². The van der Waals surface area contributed by atoms with Crippen LogP contribution < -0.4 is 10.2 Å². The number of hydrogen-bond acceptors (Lipinski definition) is 3. The number of nitrogens with one attached hydrogen (secondary N) is 1. The summed E-state index contributed by atoms with van der Waals surface area (Å²) in [5, 5.41) is 3.24. The zero-order chi connectivity index (χ0) is 11.7. The lowest BCUT2D eigenvalue weighted by atomic mass is 10.2. The van der Waals surface area contributed by atoms with Gasteiger partial charge in [-0.05, 0) is 44.7 Å². The van der Waals surface area contributed by atoms with Crippen molar-refractivity contribution in [3.63, 3.8) is 0 Å². The zero-order valence-electron chi connectivity index (χ0n) is 10.5. The van der Waals surface area contributed by atoms with Crippen LogP contribution in [0.15, 0.2) is 18.5 Å². The van der Waals surface area contributed by atoms with Crippen LogP contribution in [0.4, 0.5) is 5.69 Å². The third-order valence-corrected chi connectivity index (χ3v) is 3.69. The minimum absolute atomic E-state index is 0.800. The lowest BCUT2D eigenvalue weighted by Gasteiger charge is -2.27. The highest BCUT2D eigenvalue weighted by Crippen LogP contribution is 2.38. The van der Waals surface area contributed by atoms with E-state index in [1.807, 2.05) is 19.4 Å². The average Bonchev–Trinajstić information content (AvgIpc) is 3.21. The van der Waals surface area contributed by atoms with E-state index < -0.39 is 0 Å². The molecule has 0 atom stereocenters. The Bertz CT molecular complexity index is 383. The third-order valence-electron chi connectivity index (χ3n) is 3.69. The van der Waals surface area contributed by atoms with Crippen LogP contribution >= 0.6 is 0 Å². The normalized spacial score (nSPS) is 19.4. The van der Waals surface area contributed by atoms with Crippen molar-refractivity contribution in [1.82, 2.24) is 10.3 Å². The molecule has 0 unspecified atom stereocenters. The van der Waals surface area contributed by atoms with Crippen LogP contribution in [0.5, 0.6) is 0 Å². The second-order valence-corrected chi connectivity index (χ2v) is 5.36. The molecule has 3 nitrogen and oxygen atoms in total. The summed E-state index contributed by atoms with van der Waals surface area (Å²) < 4.78 is 0. The molecule has 1 N–H and O–H groups in total. The van der Waals surface area contributed by atoms with Gasteiger partial charge in [-0.1, -0.05) is 0 Å². The summed E-state index contributed by atoms with van der Waals surface area (Å²) >= 11 is 0. The fraction of sp³-hybridized carbons (Fsp3) is 0.643. The first-order valence-corrected chi connectivity index (χ1v) is 6.72. The predicted molar refractivity (Wildman–Crippen MR) is 70.1 cm³/mol. The monoisotopic (exact) mass is 231 g/mol. The molecule has 0 radical (unpaired) electrons. The van der Waals surface area contributed by atoms with Crippen LogP contribution in [0.1, 0.15) is 31.2 Å². The molecule has 17 heavy (non-hydrogen) atoms. The predicted octanol–water partition coefficient (Wildman–Crippen LogP) is 2.18. The molecular formula is C14H21N3. The van der Waals surface area contributed by atoms with Crippen molar-refractivity contribution in [2.75, 3.05) is 18.5 Å². The Hall–Kier alpha value is -1.09. The number of anilines is 1. The van der Waals surface area contributed by atoms with Gasteiger partial charge < -0.3 is 10.2 Å². The van der Waals surface area contributed by atoms with Crippen molar-refractivity contribution in [2.45, 2.75) is 38.3 Å². The summed E-state index contributed by atoms with van der Waals surface area (Å²) in [6, 6.07) is 2.99. The molecule has 2 saturated carbocycles. The topological polar surface area (TPSA) is 28.2 Å². The van der Waals surface area contributed by atoms with Crippen molar-refractivity contribution in [3.8, 4) is 0 Å². The number of pyridine rings is 1. The van der Waals surface area contributed by atoms with Crippen LogP contribution in [-0.2, 0) is 6.54 Å². The van der Waals surface area contributed by atoms with Gasteiger partial charge in [-0.25, -0.2) is 0 Å². The van der Waals surface area contributed by atoms with Gasteiger partial charge >= 0.3 is 0 Å². The third kappa shape index (κ3) is 2.60. The second-order valence-electron chi connectivity index (χ2n) is 5.36. The minimum atomic E-state index is 0.800. The van der Waals surface area contributed by atoms with E-state index >= 15 is 0 Å². The van der Waals surface area contributed by atoms with Gasteiger partial charge in [0.2, 0.25) is 0 Å². The highest BCUT2D eigenvalue weighted by Gasteiger charge is 2.34. The average molecular weight is 231 g/mol. The zero-order valence-corrected chi connectivity index (χ0v) is 10.5. The standard InChI is InChI=1S/C14H21N3/c1-15-8-12-9-16-7-6-14(12)17(13-4-5-13)10-11-2-3-11/h6-7,9,11,13,15H,2-5,8,10H2,1H3. The molecule has 92 valence electrons. The number of hydrogen-bond donors (Lipinski definition) is 1. The van der Waals surface area contributed by atoms with E-state index in [2.05, 4.69) is 21.3 Å². The Morgan fingerprint density at radius 2 is 2.18 bits per heavy atom. The van der Waals surface area contributed by atoms with Crippen LogP contribution in [0, 0.1) is 5.92 Å². The first-order valence-electron chi connectivity index (χ1n) is 6.72. The molecular weight excluding hydrogens is 210 g/mol. The molecule has 1 heterocycles. The second kappa shape index (κ2) is 4.65. The SMILES string of the molecule is CNCc1cnccc1N(CC1CC1)C1CC1. The molecule has 2 aliphatic carbocycles. The Balaban J connectivity index is 1.82. The molecule has 0 amide bonds. The molecule has 0 aromatic carbocycles. The van der Waals surface area contributed by atoms with E-state index in [1.54, 1.807) is 0 Å². The van der Waals surface area contributed by atoms with Gasteiger partial charge in [0.05, 0.1) is 0 Å². The highest BCUT2D eigenvalue weighted by molar-refractivity contribution is 5.54. The maximum Gasteiger partial charge on any atom is 0.0445 e. The van der Waals surface area contributed by atoms with E-state index in [0.29, 0.717) is 0 Å². The molecule has 0 aliphatic heterocycles. The molecule has 1 aromatic heterocycles. The number of rotatable bonds is 6. The van der Waals surface area contributed by atoms with E-state index in [9.17, 15) is 0 Å². The molecule has 0 saturated heterocycles. The fourth-order valence-corrected chi connectivity index (χ4v) is 2.44. The largest absolute Gasteiger partial charge is 0.368 e. The number of aromatic nitrogens is 1. The summed E-state index contributed by atoms with van der Waals surface area (Å²) in [4.78, 5) is 6.89. The molecule has 3 rings (SSSR count). The van der Waals surface area contributed by atoms with Gasteiger partial charge in [-0.15, -0.1) is 0 Å². The van der Waals surface area contributed by atoms with Crippen LogP contribution in [-0.4, -0.2) is 24.6 Å². The van der Waals surface area contributed by atoms with E-state index in [-0.39, 0.29) is 0 Å². The van der Waals surface area contributed by atoms with Crippen LogP contribution in [0.3, 0.4) is 0 Å². The molecule has 1 aromatic rings. The Morgan fingerprint density at radius 1 is 1.35 bits per heavy atom. The Morgan fingerprint density at radius 3 is 2.82 bits per heavy atom. The summed E-state index contributed by atoms with van der Waals surface area (Å²) in [6.07, 6.45) is 9.53. The molecule has 3 heteroatoms. The summed E-state index contributed by atoms with van der Waals surface area (Å²) in [7, 11) is 2.00. The Labute approximate surface area is 103 Å². The molecule has 0 spiro atoms. The smallest absolute Gasteiger partial charge is 0.0445 e. The lowest BCUT2D eigenvalue weighted by Crippen LogP contribution is -2.29. The van der Waals surface area contributed by atoms with Gasteiger partial charge in [-0.2, -0.15) is 0 Å². The van der Waals surface area contributed by atoms with E-state index in [0.717, 1.165) is 18.5 Å². The van der Waals surface area contributed by atoms with Gasteiger partial charge in [0.15, 0.2) is 0 Å². The summed E-state index contributed by atoms with van der Waals surface area (Å²) in [6.45, 7) is 2.17. The minimum Gasteiger partial charge on any atom is -0.368 e. The molecule has 2 aliphatic rings. The van der Waals surface area contributed by atoms with Crippen molar-refractivity contribution in [2.24, 2.45) is 5.92 Å². The van der Waals surface area contributed by atoms with E-state index in [1.165, 1.54) is 43.5 Å². The Kier molecular flexibility index (Phi) is 3.02. The first-order chi connectivity index (χ1) is 8.38. The summed E-state index contributed by atoms with van der Waals surface area (Å²) in [5.74, 6) is 0.950. The van der Waals surface area contributed by atoms with Crippen molar-refractivity contribution in [3.05, 3.63) is 24.0 Å². The van der Waals surface area contributed by atoms with Crippen LogP contribution in [0.2, 0.25) is 0 Å². The maximum atomic E-state index is 4.25. The number of nitrogens with zero attached hydrogens (tertiary/aromatic N) is 2. The van der Waals surface area contributed by atoms with E-state index in [4.69, 9.17) is 0 Å². The lowest BCUT2D eigenvalue weighted by molar-refractivity contribution is 0.707. The van der Waals surface area contributed by atoms with Crippen molar-refractivity contribution in [1.29, 1.82) is 0 Å². The maximum absolute atomic E-state index is 4.25. The fourth-order valence-electron chi connectivity index (χ4n) is 2.44. The molecule has 0 bridgehead atoms.